The molecule has 0 saturated heterocycles. The molecule has 0 aliphatic heterocycles. The maximum absolute atomic E-state index is 6.24. The second-order valence-electron chi connectivity index (χ2n) is 5.24. The minimum atomic E-state index is 0.685. The number of allylic oxidation sites excluding steroid dienone is 1. The molecule has 0 spiro atoms. The van der Waals surface area contributed by atoms with Crippen molar-refractivity contribution in [1.82, 2.24) is 14.8 Å². The highest BCUT2D eigenvalue weighted by atomic mass is 35.5. The Morgan fingerprint density at radius 3 is 2.88 bits per heavy atom. The van der Waals surface area contributed by atoms with Crippen molar-refractivity contribution < 1.29 is 0 Å². The van der Waals surface area contributed by atoms with E-state index in [0.717, 1.165) is 39.3 Å². The Balaban J connectivity index is 1.85. The van der Waals surface area contributed by atoms with Crippen LogP contribution in [0.1, 0.15) is 17.4 Å². The Morgan fingerprint density at radius 1 is 1.33 bits per heavy atom. The molecule has 124 valence electrons. The van der Waals surface area contributed by atoms with Gasteiger partial charge in [0.05, 0.1) is 0 Å². The lowest BCUT2D eigenvalue weighted by Crippen LogP contribution is -2.00. The largest absolute Gasteiger partial charge is 0.298 e. The lowest BCUT2D eigenvalue weighted by Gasteiger charge is -2.07. The van der Waals surface area contributed by atoms with E-state index in [0.29, 0.717) is 6.54 Å². The fourth-order valence-electron chi connectivity index (χ4n) is 2.34. The zero-order valence-corrected chi connectivity index (χ0v) is 15.8. The molecule has 0 saturated carbocycles. The van der Waals surface area contributed by atoms with E-state index < -0.39 is 0 Å². The topological polar surface area (TPSA) is 30.7 Å². The molecule has 2 heterocycles. The predicted octanol–water partition coefficient (Wildman–Crippen LogP) is 5.70. The number of thiophene rings is 1. The lowest BCUT2D eigenvalue weighted by molar-refractivity contribution is 0.731. The van der Waals surface area contributed by atoms with Gasteiger partial charge in [-0.3, -0.25) is 4.57 Å². The zero-order chi connectivity index (χ0) is 16.9. The van der Waals surface area contributed by atoms with Gasteiger partial charge in [-0.2, -0.15) is 0 Å². The second kappa shape index (κ2) is 8.01. The number of thioether (sulfide) groups is 1. The molecule has 24 heavy (non-hydrogen) atoms. The van der Waals surface area contributed by atoms with Gasteiger partial charge >= 0.3 is 0 Å². The first-order valence-corrected chi connectivity index (χ1v) is 9.95. The summed E-state index contributed by atoms with van der Waals surface area (Å²) in [6.45, 7) is 6.71. The van der Waals surface area contributed by atoms with Crippen LogP contribution >= 0.6 is 34.7 Å². The third kappa shape index (κ3) is 3.74. The smallest absolute Gasteiger partial charge is 0.192 e. The Hall–Kier alpha value is -1.56. The van der Waals surface area contributed by atoms with Crippen molar-refractivity contribution in [3.8, 4) is 11.4 Å². The molecule has 0 fully saturated rings. The van der Waals surface area contributed by atoms with Gasteiger partial charge in [-0.05, 0) is 24.1 Å². The van der Waals surface area contributed by atoms with Gasteiger partial charge < -0.3 is 0 Å². The van der Waals surface area contributed by atoms with E-state index in [1.165, 1.54) is 4.88 Å². The van der Waals surface area contributed by atoms with Gasteiger partial charge in [0.15, 0.2) is 11.0 Å². The minimum Gasteiger partial charge on any atom is -0.298 e. The van der Waals surface area contributed by atoms with Gasteiger partial charge in [0.2, 0.25) is 0 Å². The van der Waals surface area contributed by atoms with Crippen molar-refractivity contribution in [1.29, 1.82) is 0 Å². The summed E-state index contributed by atoms with van der Waals surface area (Å²) in [7, 11) is 0. The highest BCUT2D eigenvalue weighted by molar-refractivity contribution is 7.98. The summed E-state index contributed by atoms with van der Waals surface area (Å²) in [5.74, 6) is 1.66. The molecule has 0 amide bonds. The number of halogens is 1. The SMILES string of the molecule is C=CCn1c(SCc2ccccc2Cl)nnc1-c1csc(CC)c1. The van der Waals surface area contributed by atoms with E-state index in [9.17, 15) is 0 Å². The maximum Gasteiger partial charge on any atom is 0.192 e. The third-order valence-electron chi connectivity index (χ3n) is 3.60. The Morgan fingerprint density at radius 2 is 2.17 bits per heavy atom. The number of aromatic nitrogens is 3. The highest BCUT2D eigenvalue weighted by Gasteiger charge is 2.15. The molecule has 0 aliphatic carbocycles. The van der Waals surface area contributed by atoms with Gasteiger partial charge in [-0.1, -0.05) is 54.6 Å². The van der Waals surface area contributed by atoms with Crippen LogP contribution in [-0.2, 0) is 18.7 Å². The van der Waals surface area contributed by atoms with Crippen molar-refractivity contribution in [3.63, 3.8) is 0 Å². The van der Waals surface area contributed by atoms with Gasteiger partial charge in [-0.15, -0.1) is 28.1 Å². The third-order valence-corrected chi connectivity index (χ3v) is 6.07. The quantitative estimate of drug-likeness (QED) is 0.392. The van der Waals surface area contributed by atoms with E-state index >= 15 is 0 Å². The number of nitrogens with zero attached hydrogens (tertiary/aromatic N) is 3. The Labute approximate surface area is 155 Å². The summed E-state index contributed by atoms with van der Waals surface area (Å²) in [5, 5.41) is 12.6. The number of benzene rings is 1. The molecule has 3 nitrogen and oxygen atoms in total. The molecule has 0 aliphatic rings. The van der Waals surface area contributed by atoms with E-state index in [1.54, 1.807) is 23.1 Å². The van der Waals surface area contributed by atoms with Crippen LogP contribution in [0.3, 0.4) is 0 Å². The van der Waals surface area contributed by atoms with Crippen LogP contribution in [0.2, 0.25) is 5.02 Å². The first-order chi connectivity index (χ1) is 11.7. The van der Waals surface area contributed by atoms with Crippen LogP contribution in [0, 0.1) is 0 Å². The van der Waals surface area contributed by atoms with Crippen molar-refractivity contribution in [2.75, 3.05) is 0 Å². The minimum absolute atomic E-state index is 0.685. The molecule has 0 N–H and O–H groups in total. The fraction of sp³-hybridized carbons (Fsp3) is 0.222. The molecule has 0 unspecified atom stereocenters. The van der Waals surface area contributed by atoms with Crippen LogP contribution in [0.4, 0.5) is 0 Å². The number of hydrogen-bond donors (Lipinski definition) is 0. The van der Waals surface area contributed by atoms with E-state index in [-0.39, 0.29) is 0 Å². The van der Waals surface area contributed by atoms with Crippen LogP contribution < -0.4 is 0 Å². The monoisotopic (exact) mass is 375 g/mol. The van der Waals surface area contributed by atoms with E-state index in [4.69, 9.17) is 11.6 Å². The van der Waals surface area contributed by atoms with Crippen molar-refractivity contribution in [3.05, 3.63) is 63.8 Å². The summed E-state index contributed by atoms with van der Waals surface area (Å²) >= 11 is 9.64. The van der Waals surface area contributed by atoms with Crippen molar-refractivity contribution in [2.24, 2.45) is 0 Å². The van der Waals surface area contributed by atoms with E-state index in [2.05, 4.69) is 39.7 Å². The van der Waals surface area contributed by atoms with Crippen molar-refractivity contribution in [2.45, 2.75) is 30.8 Å². The Bertz CT molecular complexity index is 838. The molecule has 0 atom stereocenters. The first-order valence-electron chi connectivity index (χ1n) is 7.71. The number of hydrogen-bond acceptors (Lipinski definition) is 4. The summed E-state index contributed by atoms with van der Waals surface area (Å²) in [5.41, 5.74) is 2.22. The summed E-state index contributed by atoms with van der Waals surface area (Å²) in [6, 6.07) is 10.1. The number of aryl methyl sites for hydroxylation is 1. The molecule has 3 aromatic rings. The normalized spacial score (nSPS) is 10.9. The Kier molecular flexibility index (Phi) is 5.76. The van der Waals surface area contributed by atoms with Crippen LogP contribution in [0.15, 0.2) is 53.5 Å². The van der Waals surface area contributed by atoms with Gasteiger partial charge in [0.25, 0.3) is 0 Å². The van der Waals surface area contributed by atoms with Gasteiger partial charge in [0, 0.05) is 33.1 Å². The average molecular weight is 376 g/mol. The molecule has 2 aromatic heterocycles. The zero-order valence-electron chi connectivity index (χ0n) is 13.4. The molecule has 0 bridgehead atoms. The lowest BCUT2D eigenvalue weighted by atomic mass is 10.2. The summed E-state index contributed by atoms with van der Waals surface area (Å²) in [4.78, 5) is 1.35. The predicted molar refractivity (Wildman–Crippen MR) is 104 cm³/mol. The molecule has 3 rings (SSSR count). The van der Waals surface area contributed by atoms with Crippen molar-refractivity contribution >= 4 is 34.7 Å². The maximum atomic E-state index is 6.24. The van der Waals surface area contributed by atoms with Crippen LogP contribution in [0.5, 0.6) is 0 Å². The highest BCUT2D eigenvalue weighted by Crippen LogP contribution is 2.30. The summed E-state index contributed by atoms with van der Waals surface area (Å²) in [6.07, 6.45) is 2.91. The number of rotatable bonds is 7. The van der Waals surface area contributed by atoms with Gasteiger partial charge in [-0.25, -0.2) is 0 Å². The van der Waals surface area contributed by atoms with Crippen LogP contribution in [0.25, 0.3) is 11.4 Å². The summed E-state index contributed by atoms with van der Waals surface area (Å²) < 4.78 is 2.11. The fourth-order valence-corrected chi connectivity index (χ4v) is 4.39. The standard InChI is InChI=1S/C18H18ClN3S2/c1-3-9-22-17(14-10-15(4-2)23-12-14)20-21-18(22)24-11-13-7-5-6-8-16(13)19/h3,5-8,10,12H,1,4,9,11H2,2H3. The van der Waals surface area contributed by atoms with Crippen LogP contribution in [-0.4, -0.2) is 14.8 Å². The molecule has 1 aromatic carbocycles. The molecular formula is C18H18ClN3S2. The van der Waals surface area contributed by atoms with E-state index in [1.807, 2.05) is 30.3 Å². The molecule has 6 heteroatoms. The first kappa shape index (κ1) is 17.3. The molecular weight excluding hydrogens is 358 g/mol. The average Bonchev–Trinajstić information content (AvgIpc) is 3.21. The molecule has 0 radical (unpaired) electrons. The second-order valence-corrected chi connectivity index (χ2v) is 7.59. The van der Waals surface area contributed by atoms with Gasteiger partial charge in [0.1, 0.15) is 0 Å².